The molecule has 0 spiro atoms. The van der Waals surface area contributed by atoms with Crippen LogP contribution < -0.4 is 14.8 Å². The minimum absolute atomic E-state index is 0.139. The zero-order chi connectivity index (χ0) is 23.8. The number of nitrogens with one attached hydrogen (secondary N) is 1. The van der Waals surface area contributed by atoms with Crippen molar-refractivity contribution in [1.82, 2.24) is 9.88 Å². The zero-order valence-corrected chi connectivity index (χ0v) is 19.8. The summed E-state index contributed by atoms with van der Waals surface area (Å²) in [4.78, 5) is 33.2. The second-order valence-corrected chi connectivity index (χ2v) is 9.05. The molecule has 0 radical (unpaired) electrons. The molecule has 0 bridgehead atoms. The van der Waals surface area contributed by atoms with Gasteiger partial charge in [-0.15, -0.1) is 0 Å². The molecule has 2 heterocycles. The summed E-state index contributed by atoms with van der Waals surface area (Å²) in [6.45, 7) is 0. The van der Waals surface area contributed by atoms with E-state index in [-0.39, 0.29) is 11.8 Å². The highest BCUT2D eigenvalue weighted by molar-refractivity contribution is 7.22. The Morgan fingerprint density at radius 2 is 1.74 bits per heavy atom. The number of aromatic nitrogens is 1. The number of rotatable bonds is 5. The van der Waals surface area contributed by atoms with Crippen molar-refractivity contribution in [2.75, 3.05) is 26.6 Å². The van der Waals surface area contributed by atoms with Crippen LogP contribution in [0.3, 0.4) is 0 Å². The van der Waals surface area contributed by atoms with Crippen LogP contribution in [0.1, 0.15) is 33.4 Å². The van der Waals surface area contributed by atoms with E-state index in [1.54, 1.807) is 38.3 Å². The largest absolute Gasteiger partial charge is 0.493 e. The predicted molar refractivity (Wildman–Crippen MR) is 132 cm³/mol. The monoisotopic (exact) mass is 473 g/mol. The average Bonchev–Trinajstić information content (AvgIpc) is 3.27. The number of fused-ring (bicyclic) bond motifs is 2. The predicted octanol–water partition coefficient (Wildman–Crippen LogP) is 4.86. The number of methoxy groups -OCH3 is 2. The summed E-state index contributed by atoms with van der Waals surface area (Å²) in [6, 6.07) is 19.9. The Morgan fingerprint density at radius 1 is 1.00 bits per heavy atom. The summed E-state index contributed by atoms with van der Waals surface area (Å²) in [5.74, 6) is 0.0889. The number of anilines is 1. The van der Waals surface area contributed by atoms with E-state index in [0.717, 1.165) is 15.8 Å². The molecule has 3 aromatic carbocycles. The van der Waals surface area contributed by atoms with Gasteiger partial charge in [-0.2, -0.15) is 0 Å². The van der Waals surface area contributed by atoms with Gasteiger partial charge in [0.25, 0.3) is 5.91 Å². The molecule has 0 saturated heterocycles. The third kappa shape index (κ3) is 3.66. The molecule has 34 heavy (non-hydrogen) atoms. The fraction of sp³-hybridized carbons (Fsp3) is 0.192. The number of para-hydroxylation sites is 1. The van der Waals surface area contributed by atoms with E-state index in [9.17, 15) is 9.59 Å². The summed E-state index contributed by atoms with van der Waals surface area (Å²) < 4.78 is 11.9. The molecule has 7 nitrogen and oxygen atoms in total. The second kappa shape index (κ2) is 8.79. The lowest BCUT2D eigenvalue weighted by molar-refractivity contribution is -0.119. The molecule has 0 unspecified atom stereocenters. The smallest absolute Gasteiger partial charge is 0.254 e. The normalized spacial score (nSPS) is 17.4. The molecule has 1 aromatic heterocycles. The van der Waals surface area contributed by atoms with Gasteiger partial charge in [0.2, 0.25) is 5.91 Å². The molecule has 1 aliphatic heterocycles. The van der Waals surface area contributed by atoms with E-state index in [2.05, 4.69) is 10.3 Å². The highest BCUT2D eigenvalue weighted by atomic mass is 32.1. The van der Waals surface area contributed by atoms with Crippen LogP contribution in [-0.4, -0.2) is 43.0 Å². The first-order valence-electron chi connectivity index (χ1n) is 10.8. The fourth-order valence-corrected chi connectivity index (χ4v) is 5.39. The Labute approximate surface area is 200 Å². The number of amides is 2. The van der Waals surface area contributed by atoms with E-state index in [1.165, 1.54) is 11.3 Å². The Balaban J connectivity index is 1.60. The van der Waals surface area contributed by atoms with E-state index in [4.69, 9.17) is 9.47 Å². The molecule has 0 fully saturated rings. The number of carbonyl (C=O) groups is 2. The number of benzene rings is 3. The van der Waals surface area contributed by atoms with Crippen LogP contribution in [-0.2, 0) is 4.79 Å². The first-order valence-corrected chi connectivity index (χ1v) is 11.6. The van der Waals surface area contributed by atoms with Crippen molar-refractivity contribution in [1.29, 1.82) is 0 Å². The van der Waals surface area contributed by atoms with Gasteiger partial charge in [0.1, 0.15) is 0 Å². The Morgan fingerprint density at radius 3 is 2.50 bits per heavy atom. The van der Waals surface area contributed by atoms with Crippen molar-refractivity contribution >= 4 is 38.5 Å². The summed E-state index contributed by atoms with van der Waals surface area (Å²) in [6.07, 6.45) is 0. The number of ether oxygens (including phenoxy) is 2. The minimum Gasteiger partial charge on any atom is -0.493 e. The van der Waals surface area contributed by atoms with Gasteiger partial charge in [0, 0.05) is 12.6 Å². The van der Waals surface area contributed by atoms with Gasteiger partial charge in [-0.3, -0.25) is 9.59 Å². The maximum absolute atomic E-state index is 13.8. The lowest BCUT2D eigenvalue weighted by Gasteiger charge is -2.39. The highest BCUT2D eigenvalue weighted by Gasteiger charge is 2.43. The van der Waals surface area contributed by atoms with Crippen LogP contribution >= 0.6 is 11.3 Å². The molecule has 2 atom stereocenters. The van der Waals surface area contributed by atoms with Crippen molar-refractivity contribution in [3.8, 4) is 11.5 Å². The van der Waals surface area contributed by atoms with Crippen LogP contribution in [0, 0.1) is 0 Å². The maximum atomic E-state index is 13.8. The third-order valence-corrected chi connectivity index (χ3v) is 7.09. The number of thiazole rings is 1. The Kier molecular flexibility index (Phi) is 5.67. The van der Waals surface area contributed by atoms with Gasteiger partial charge in [-0.25, -0.2) is 4.98 Å². The van der Waals surface area contributed by atoms with Crippen molar-refractivity contribution in [3.63, 3.8) is 0 Å². The van der Waals surface area contributed by atoms with Gasteiger partial charge in [-0.1, -0.05) is 47.7 Å². The first kappa shape index (κ1) is 21.9. The van der Waals surface area contributed by atoms with Crippen LogP contribution in [0.2, 0.25) is 0 Å². The van der Waals surface area contributed by atoms with E-state index >= 15 is 0 Å². The quantitative estimate of drug-likeness (QED) is 0.448. The van der Waals surface area contributed by atoms with Crippen molar-refractivity contribution in [3.05, 3.63) is 83.4 Å². The molecular weight excluding hydrogens is 450 g/mol. The molecule has 1 N–H and O–H groups in total. The third-order valence-electron chi connectivity index (χ3n) is 6.14. The minimum atomic E-state index is -0.649. The van der Waals surface area contributed by atoms with E-state index < -0.39 is 12.0 Å². The lowest BCUT2D eigenvalue weighted by atomic mass is 9.79. The summed E-state index contributed by atoms with van der Waals surface area (Å²) >= 11 is 1.42. The summed E-state index contributed by atoms with van der Waals surface area (Å²) in [7, 11) is 4.85. The van der Waals surface area contributed by atoms with Crippen molar-refractivity contribution in [2.24, 2.45) is 0 Å². The number of likely N-dealkylation sites (N-methyl/N-ethyl adjacent to an activating group) is 1. The first-order chi connectivity index (χ1) is 16.5. The molecule has 4 aromatic rings. The summed E-state index contributed by atoms with van der Waals surface area (Å²) in [5.41, 5.74) is 2.80. The SMILES string of the molecule is COc1ccc([C@@H]2[C@H](C(=O)Nc3nc4ccccc4s3)c3ccccc3C(=O)N2C)cc1OC. The van der Waals surface area contributed by atoms with Gasteiger partial charge >= 0.3 is 0 Å². The van der Waals surface area contributed by atoms with E-state index in [1.807, 2.05) is 54.6 Å². The Bertz CT molecular complexity index is 1370. The van der Waals surface area contributed by atoms with Crippen LogP contribution in [0.25, 0.3) is 10.2 Å². The topological polar surface area (TPSA) is 80.8 Å². The number of nitrogens with zero attached hydrogens (tertiary/aromatic N) is 2. The van der Waals surface area contributed by atoms with Gasteiger partial charge < -0.3 is 19.7 Å². The molecule has 0 saturated carbocycles. The fourth-order valence-electron chi connectivity index (χ4n) is 4.52. The molecular formula is C26H23N3O4S. The van der Waals surface area contributed by atoms with E-state index in [0.29, 0.717) is 27.8 Å². The van der Waals surface area contributed by atoms with Crippen LogP contribution in [0.5, 0.6) is 11.5 Å². The van der Waals surface area contributed by atoms with Crippen molar-refractivity contribution < 1.29 is 19.1 Å². The Hall–Kier alpha value is -3.91. The average molecular weight is 474 g/mol. The second-order valence-electron chi connectivity index (χ2n) is 8.02. The highest BCUT2D eigenvalue weighted by Crippen LogP contribution is 2.44. The maximum Gasteiger partial charge on any atom is 0.254 e. The molecule has 8 heteroatoms. The van der Waals surface area contributed by atoms with Crippen LogP contribution in [0.15, 0.2) is 66.7 Å². The number of carbonyl (C=O) groups excluding carboxylic acids is 2. The molecule has 0 aliphatic carbocycles. The standard InChI is InChI=1S/C26H23N3O4S/c1-29-23(15-12-13-19(32-2)20(14-15)33-3)22(16-8-4-5-9-17(16)25(29)31)24(30)28-26-27-18-10-6-7-11-21(18)34-26/h4-14,22-23H,1-3H3,(H,27,28,30)/t22-,23-/m1/s1. The van der Waals surface area contributed by atoms with Crippen molar-refractivity contribution in [2.45, 2.75) is 12.0 Å². The molecule has 172 valence electrons. The molecule has 2 amide bonds. The molecule has 5 rings (SSSR count). The van der Waals surface area contributed by atoms with Crippen LogP contribution in [0.4, 0.5) is 5.13 Å². The van der Waals surface area contributed by atoms with Gasteiger partial charge in [0.15, 0.2) is 16.6 Å². The van der Waals surface area contributed by atoms with Gasteiger partial charge in [0.05, 0.1) is 36.4 Å². The summed E-state index contributed by atoms with van der Waals surface area (Å²) in [5, 5.41) is 3.53. The number of hydrogen-bond acceptors (Lipinski definition) is 6. The number of hydrogen-bond donors (Lipinski definition) is 1. The molecule has 1 aliphatic rings. The lowest BCUT2D eigenvalue weighted by Crippen LogP contribution is -2.44. The van der Waals surface area contributed by atoms with Gasteiger partial charge in [-0.05, 0) is 41.5 Å². The zero-order valence-electron chi connectivity index (χ0n) is 18.9.